The molecule has 2 unspecified atom stereocenters. The number of ether oxygens (including phenoxy) is 1. The van der Waals surface area contributed by atoms with E-state index in [0.717, 1.165) is 43.0 Å². The number of ketones is 1. The van der Waals surface area contributed by atoms with Crippen LogP contribution in [0.4, 0.5) is 0 Å². The fraction of sp³-hybridized carbons (Fsp3) is 0.545. The highest BCUT2D eigenvalue weighted by atomic mass is 16.5. The number of benzene rings is 1. The number of aromatic amines is 1. The molecule has 0 aliphatic heterocycles. The van der Waals surface area contributed by atoms with E-state index in [4.69, 9.17) is 4.74 Å². The largest absolute Gasteiger partial charge is 0.454 e. The van der Waals surface area contributed by atoms with Crippen molar-refractivity contribution in [2.75, 3.05) is 0 Å². The topological polar surface area (TPSA) is 79.4 Å². The first-order valence-electron chi connectivity index (χ1n) is 9.91. The number of carbonyl (C=O) groups excluding carboxylic acids is 2. The van der Waals surface area contributed by atoms with Gasteiger partial charge in [0.15, 0.2) is 6.10 Å². The molecule has 4 saturated carbocycles. The Kier molecular flexibility index (Phi) is 3.57. The molecular weight excluding hydrogens is 342 g/mol. The molecule has 5 atom stereocenters. The molecular formula is C22H25NO4. The summed E-state index contributed by atoms with van der Waals surface area (Å²) in [7, 11) is 0. The van der Waals surface area contributed by atoms with Gasteiger partial charge in [0.25, 0.3) is 0 Å². The van der Waals surface area contributed by atoms with E-state index in [1.807, 2.05) is 24.3 Å². The number of hydrogen-bond donors (Lipinski definition) is 2. The summed E-state index contributed by atoms with van der Waals surface area (Å²) < 4.78 is 5.70. The van der Waals surface area contributed by atoms with Gasteiger partial charge in [0.1, 0.15) is 0 Å². The number of Topliss-reactive ketones (excluding diaryl/α,β-unsaturated/α-hetero) is 1. The van der Waals surface area contributed by atoms with E-state index in [1.165, 1.54) is 0 Å². The number of hydrogen-bond acceptors (Lipinski definition) is 4. The molecule has 2 aromatic rings. The molecule has 4 aliphatic carbocycles. The second-order valence-electron chi connectivity index (χ2n) is 9.13. The Morgan fingerprint density at radius 1 is 1.19 bits per heavy atom. The second-order valence-corrected chi connectivity index (χ2v) is 9.13. The van der Waals surface area contributed by atoms with Crippen LogP contribution in [0.15, 0.2) is 30.5 Å². The Bertz CT molecular complexity index is 915. The Balaban J connectivity index is 1.36. The Morgan fingerprint density at radius 3 is 2.59 bits per heavy atom. The fourth-order valence-electron chi connectivity index (χ4n) is 6.29. The number of aliphatic hydroxyl groups is 1. The summed E-state index contributed by atoms with van der Waals surface area (Å²) >= 11 is 0. The molecule has 1 aromatic carbocycles. The highest BCUT2D eigenvalue weighted by Crippen LogP contribution is 2.62. The highest BCUT2D eigenvalue weighted by molar-refractivity contribution is 6.10. The van der Waals surface area contributed by atoms with Crippen molar-refractivity contribution in [2.45, 2.75) is 57.2 Å². The van der Waals surface area contributed by atoms with Crippen LogP contribution in [0, 0.1) is 17.3 Å². The number of fused-ring (bicyclic) bond motifs is 1. The minimum Gasteiger partial charge on any atom is -0.454 e. The van der Waals surface area contributed by atoms with Gasteiger partial charge in [0, 0.05) is 22.7 Å². The van der Waals surface area contributed by atoms with E-state index in [9.17, 15) is 14.7 Å². The average molecular weight is 367 g/mol. The maximum atomic E-state index is 13.1. The van der Waals surface area contributed by atoms with E-state index < -0.39 is 17.1 Å². The predicted molar refractivity (Wildman–Crippen MR) is 100 cm³/mol. The highest BCUT2D eigenvalue weighted by Gasteiger charge is 2.61. The fourth-order valence-corrected chi connectivity index (χ4v) is 6.29. The second kappa shape index (κ2) is 5.68. The van der Waals surface area contributed by atoms with Crippen molar-refractivity contribution >= 4 is 22.7 Å². The van der Waals surface area contributed by atoms with Gasteiger partial charge in [-0.15, -0.1) is 0 Å². The molecule has 27 heavy (non-hydrogen) atoms. The molecule has 0 radical (unpaired) electrons. The third-order valence-electron chi connectivity index (χ3n) is 6.97. The first kappa shape index (κ1) is 17.0. The van der Waals surface area contributed by atoms with Crippen molar-refractivity contribution in [2.24, 2.45) is 17.3 Å². The van der Waals surface area contributed by atoms with Crippen LogP contribution >= 0.6 is 0 Å². The van der Waals surface area contributed by atoms with Crippen LogP contribution in [-0.4, -0.2) is 33.5 Å². The summed E-state index contributed by atoms with van der Waals surface area (Å²) in [6, 6.07) is 7.61. The molecule has 6 rings (SSSR count). The van der Waals surface area contributed by atoms with Gasteiger partial charge in [-0.3, -0.25) is 9.59 Å². The van der Waals surface area contributed by atoms with Crippen LogP contribution < -0.4 is 0 Å². The zero-order valence-corrected chi connectivity index (χ0v) is 15.5. The maximum absolute atomic E-state index is 13.1. The van der Waals surface area contributed by atoms with Crippen molar-refractivity contribution in [1.82, 2.24) is 4.98 Å². The normalized spacial score (nSPS) is 35.3. The molecule has 1 heterocycles. The Morgan fingerprint density at radius 2 is 1.89 bits per heavy atom. The monoisotopic (exact) mass is 367 g/mol. The van der Waals surface area contributed by atoms with Crippen molar-refractivity contribution in [3.05, 3.63) is 36.0 Å². The van der Waals surface area contributed by atoms with Gasteiger partial charge in [-0.1, -0.05) is 18.2 Å². The van der Waals surface area contributed by atoms with Crippen molar-refractivity contribution in [3.63, 3.8) is 0 Å². The van der Waals surface area contributed by atoms with Gasteiger partial charge in [-0.05, 0) is 63.4 Å². The summed E-state index contributed by atoms with van der Waals surface area (Å²) in [6.07, 6.45) is 5.65. The summed E-state index contributed by atoms with van der Waals surface area (Å²) in [5, 5.41) is 11.7. The van der Waals surface area contributed by atoms with Crippen LogP contribution in [0.25, 0.3) is 10.9 Å². The number of carbonyl (C=O) groups is 2. The lowest BCUT2D eigenvalue weighted by Gasteiger charge is -2.58. The molecule has 5 nitrogen and oxygen atoms in total. The van der Waals surface area contributed by atoms with Crippen molar-refractivity contribution < 1.29 is 19.4 Å². The molecule has 0 amide bonds. The van der Waals surface area contributed by atoms with Crippen molar-refractivity contribution in [1.29, 1.82) is 0 Å². The van der Waals surface area contributed by atoms with E-state index >= 15 is 0 Å². The number of rotatable bonds is 4. The molecule has 4 aliphatic rings. The summed E-state index contributed by atoms with van der Waals surface area (Å²) in [5.41, 5.74) is 0.124. The lowest BCUT2D eigenvalue weighted by atomic mass is 9.48. The lowest BCUT2D eigenvalue weighted by molar-refractivity contribution is -0.197. The molecule has 5 heteroatoms. The summed E-state index contributed by atoms with van der Waals surface area (Å²) in [4.78, 5) is 29.1. The summed E-state index contributed by atoms with van der Waals surface area (Å²) in [6.45, 7) is 1.65. The van der Waals surface area contributed by atoms with E-state index in [1.54, 1.807) is 13.1 Å². The first-order valence-corrected chi connectivity index (χ1v) is 9.91. The number of para-hydroxylation sites is 1. The van der Waals surface area contributed by atoms with Crippen LogP contribution in [0.1, 0.15) is 55.8 Å². The lowest BCUT2D eigenvalue weighted by Crippen LogP contribution is -2.58. The van der Waals surface area contributed by atoms with Gasteiger partial charge >= 0.3 is 5.97 Å². The van der Waals surface area contributed by atoms with Gasteiger partial charge in [-0.25, -0.2) is 0 Å². The Labute approximate surface area is 158 Å². The molecule has 1 aromatic heterocycles. The van der Waals surface area contributed by atoms with Crippen LogP contribution in [0.2, 0.25) is 0 Å². The molecule has 4 fully saturated rings. The average Bonchev–Trinajstić information content (AvgIpc) is 3.03. The van der Waals surface area contributed by atoms with Gasteiger partial charge in [-0.2, -0.15) is 0 Å². The van der Waals surface area contributed by atoms with Crippen molar-refractivity contribution in [3.8, 4) is 0 Å². The maximum Gasteiger partial charge on any atom is 0.312 e. The number of nitrogens with one attached hydrogen (secondary N) is 1. The molecule has 0 spiro atoms. The molecule has 142 valence electrons. The third-order valence-corrected chi connectivity index (χ3v) is 6.97. The van der Waals surface area contributed by atoms with E-state index in [-0.39, 0.29) is 11.8 Å². The SMILES string of the molecule is C[C@H](OC(=O)C12C[C@@H]3C[C@@H](CC(O)(C3)C1)C2)C(=O)c1c[nH]c2ccccc12. The zero-order chi connectivity index (χ0) is 18.8. The number of aromatic nitrogens is 1. The molecule has 0 saturated heterocycles. The van der Waals surface area contributed by atoms with Gasteiger partial charge in [0.2, 0.25) is 5.78 Å². The minimum atomic E-state index is -0.834. The van der Waals surface area contributed by atoms with E-state index in [2.05, 4.69) is 4.98 Å². The Hall–Kier alpha value is -2.14. The molecule has 4 bridgehead atoms. The van der Waals surface area contributed by atoms with E-state index in [0.29, 0.717) is 23.8 Å². The quantitative estimate of drug-likeness (QED) is 0.639. The number of esters is 1. The smallest absolute Gasteiger partial charge is 0.312 e. The summed E-state index contributed by atoms with van der Waals surface area (Å²) in [5.74, 6) is 0.326. The third kappa shape index (κ3) is 2.63. The van der Waals surface area contributed by atoms with Crippen LogP contribution in [0.5, 0.6) is 0 Å². The van der Waals surface area contributed by atoms with Crippen LogP contribution in [0.3, 0.4) is 0 Å². The minimum absolute atomic E-state index is 0.191. The predicted octanol–water partition coefficient (Wildman–Crippen LogP) is 3.61. The van der Waals surface area contributed by atoms with Gasteiger partial charge < -0.3 is 14.8 Å². The molecule has 2 N–H and O–H groups in total. The zero-order valence-electron chi connectivity index (χ0n) is 15.5. The van der Waals surface area contributed by atoms with Gasteiger partial charge in [0.05, 0.1) is 11.0 Å². The standard InChI is InChI=1S/C22H25NO4/c1-13(19(24)17-11-23-18-5-3-2-4-16(17)18)27-20(25)21-7-14-6-15(8-21)10-22(26,9-14)12-21/h2-5,11,13-15,23,26H,6-10,12H2,1H3/t13-,14-,15+,21?,22?/m0/s1. The number of H-pyrrole nitrogens is 1. The first-order chi connectivity index (χ1) is 12.9. The van der Waals surface area contributed by atoms with Crippen LogP contribution in [-0.2, 0) is 9.53 Å².